The first-order valence-electron chi connectivity index (χ1n) is 6.53. The van der Waals surface area contributed by atoms with Gasteiger partial charge in [-0.25, -0.2) is 13.1 Å². The van der Waals surface area contributed by atoms with Crippen molar-refractivity contribution in [3.63, 3.8) is 0 Å². The van der Waals surface area contributed by atoms with E-state index >= 15 is 0 Å². The Morgan fingerprint density at radius 3 is 2.43 bits per heavy atom. The lowest BCUT2D eigenvalue weighted by molar-refractivity contribution is 0.323. The van der Waals surface area contributed by atoms with Gasteiger partial charge in [-0.05, 0) is 42.8 Å². The molecule has 0 heterocycles. The van der Waals surface area contributed by atoms with Crippen LogP contribution in [-0.4, -0.2) is 21.6 Å². The van der Waals surface area contributed by atoms with Gasteiger partial charge in [0.15, 0.2) is 0 Å². The maximum absolute atomic E-state index is 12.1. The van der Waals surface area contributed by atoms with Crippen LogP contribution in [0.2, 0.25) is 0 Å². The molecular formula is C15H18N2O3S. The van der Waals surface area contributed by atoms with E-state index < -0.39 is 10.0 Å². The molecule has 0 amide bonds. The Morgan fingerprint density at radius 1 is 1.10 bits per heavy atom. The summed E-state index contributed by atoms with van der Waals surface area (Å²) in [6.07, 6.45) is 0. The lowest BCUT2D eigenvalue weighted by Crippen LogP contribution is -2.28. The van der Waals surface area contributed by atoms with Crippen LogP contribution in [0.15, 0.2) is 53.4 Å². The van der Waals surface area contributed by atoms with Gasteiger partial charge in [-0.15, -0.1) is 0 Å². The highest BCUT2D eigenvalue weighted by molar-refractivity contribution is 7.89. The van der Waals surface area contributed by atoms with Crippen LogP contribution in [0, 0.1) is 6.92 Å². The van der Waals surface area contributed by atoms with E-state index in [0.717, 1.165) is 0 Å². The Kier molecular flexibility index (Phi) is 4.82. The quantitative estimate of drug-likeness (QED) is 0.631. The zero-order valence-corrected chi connectivity index (χ0v) is 12.6. The maximum Gasteiger partial charge on any atom is 0.240 e. The zero-order valence-electron chi connectivity index (χ0n) is 11.7. The molecule has 2 aromatic rings. The molecule has 2 aromatic carbocycles. The van der Waals surface area contributed by atoms with Gasteiger partial charge >= 0.3 is 0 Å². The number of hydrogen-bond acceptors (Lipinski definition) is 4. The molecule has 2 rings (SSSR count). The van der Waals surface area contributed by atoms with Gasteiger partial charge in [0.05, 0.1) is 4.90 Å². The molecule has 0 saturated carbocycles. The first kappa shape index (κ1) is 15.3. The van der Waals surface area contributed by atoms with Gasteiger partial charge in [0.1, 0.15) is 12.4 Å². The molecule has 5 nitrogen and oxygen atoms in total. The first-order valence-corrected chi connectivity index (χ1v) is 8.01. The van der Waals surface area contributed by atoms with Crippen molar-refractivity contribution >= 4 is 15.7 Å². The minimum atomic E-state index is -3.50. The van der Waals surface area contributed by atoms with E-state index in [1.807, 2.05) is 0 Å². The van der Waals surface area contributed by atoms with Gasteiger partial charge < -0.3 is 10.5 Å². The molecule has 0 unspecified atom stereocenters. The molecule has 0 aliphatic rings. The van der Waals surface area contributed by atoms with Gasteiger partial charge in [0.25, 0.3) is 0 Å². The predicted molar refractivity (Wildman–Crippen MR) is 82.7 cm³/mol. The Labute approximate surface area is 124 Å². The average molecular weight is 306 g/mol. The summed E-state index contributed by atoms with van der Waals surface area (Å²) in [7, 11) is -3.50. The van der Waals surface area contributed by atoms with E-state index in [0.29, 0.717) is 17.0 Å². The second-order valence-electron chi connectivity index (χ2n) is 4.58. The summed E-state index contributed by atoms with van der Waals surface area (Å²) in [6.45, 7) is 2.20. The smallest absolute Gasteiger partial charge is 0.240 e. The number of anilines is 1. The molecule has 0 aromatic heterocycles. The predicted octanol–water partition coefficient (Wildman–Crippen LogP) is 1.93. The van der Waals surface area contributed by atoms with Crippen molar-refractivity contribution in [1.82, 2.24) is 4.72 Å². The SMILES string of the molecule is Cc1ccccc1S(=O)(=O)NCCOc1ccc(N)cc1. The number of nitrogen functional groups attached to an aromatic ring is 1. The van der Waals surface area contributed by atoms with Crippen LogP contribution in [0.4, 0.5) is 5.69 Å². The van der Waals surface area contributed by atoms with Gasteiger partial charge in [0, 0.05) is 12.2 Å². The lowest BCUT2D eigenvalue weighted by atomic mass is 10.2. The van der Waals surface area contributed by atoms with Crippen LogP contribution in [0.25, 0.3) is 0 Å². The summed E-state index contributed by atoms with van der Waals surface area (Å²) in [5.41, 5.74) is 6.94. The monoisotopic (exact) mass is 306 g/mol. The molecule has 0 aliphatic carbocycles. The second kappa shape index (κ2) is 6.60. The normalized spacial score (nSPS) is 11.3. The fraction of sp³-hybridized carbons (Fsp3) is 0.200. The van der Waals surface area contributed by atoms with Crippen molar-refractivity contribution in [3.05, 3.63) is 54.1 Å². The summed E-state index contributed by atoms with van der Waals surface area (Å²) >= 11 is 0. The minimum Gasteiger partial charge on any atom is -0.492 e. The molecule has 21 heavy (non-hydrogen) atoms. The van der Waals surface area contributed by atoms with Crippen LogP contribution < -0.4 is 15.2 Å². The number of rotatable bonds is 6. The Balaban J connectivity index is 1.88. The number of aryl methyl sites for hydroxylation is 1. The number of nitrogens with one attached hydrogen (secondary N) is 1. The van der Waals surface area contributed by atoms with Gasteiger partial charge in [-0.3, -0.25) is 0 Å². The van der Waals surface area contributed by atoms with Crippen LogP contribution >= 0.6 is 0 Å². The highest BCUT2D eigenvalue weighted by Gasteiger charge is 2.15. The van der Waals surface area contributed by atoms with Crippen molar-refractivity contribution in [3.8, 4) is 5.75 Å². The molecule has 0 radical (unpaired) electrons. The van der Waals surface area contributed by atoms with E-state index in [4.69, 9.17) is 10.5 Å². The number of sulfonamides is 1. The van der Waals surface area contributed by atoms with Crippen molar-refractivity contribution in [2.75, 3.05) is 18.9 Å². The van der Waals surface area contributed by atoms with Crippen LogP contribution in [0.5, 0.6) is 5.75 Å². The van der Waals surface area contributed by atoms with Crippen molar-refractivity contribution in [2.24, 2.45) is 0 Å². The Bertz CT molecular complexity index is 697. The standard InChI is InChI=1S/C15H18N2O3S/c1-12-4-2-3-5-15(12)21(18,19)17-10-11-20-14-8-6-13(16)7-9-14/h2-9,17H,10-11,16H2,1H3. The summed E-state index contributed by atoms with van der Waals surface area (Å²) in [6, 6.07) is 13.8. The zero-order chi connectivity index (χ0) is 15.3. The second-order valence-corrected chi connectivity index (χ2v) is 6.32. The fourth-order valence-corrected chi connectivity index (χ4v) is 3.10. The molecule has 112 valence electrons. The summed E-state index contributed by atoms with van der Waals surface area (Å²) < 4.78 is 32.2. The third-order valence-corrected chi connectivity index (χ3v) is 4.55. The average Bonchev–Trinajstić information content (AvgIpc) is 2.46. The third kappa shape index (κ3) is 4.21. The number of ether oxygens (including phenoxy) is 1. The van der Waals surface area contributed by atoms with E-state index in [1.165, 1.54) is 0 Å². The summed E-state index contributed by atoms with van der Waals surface area (Å²) in [4.78, 5) is 0.289. The van der Waals surface area contributed by atoms with E-state index in [1.54, 1.807) is 55.5 Å². The number of benzene rings is 2. The van der Waals surface area contributed by atoms with E-state index in [-0.39, 0.29) is 18.0 Å². The van der Waals surface area contributed by atoms with E-state index in [2.05, 4.69) is 4.72 Å². The lowest BCUT2D eigenvalue weighted by Gasteiger charge is -2.10. The van der Waals surface area contributed by atoms with Gasteiger partial charge in [-0.1, -0.05) is 18.2 Å². The Morgan fingerprint density at radius 2 is 1.76 bits per heavy atom. The maximum atomic E-state index is 12.1. The molecule has 0 fully saturated rings. The molecule has 0 bridgehead atoms. The highest BCUT2D eigenvalue weighted by Crippen LogP contribution is 2.14. The van der Waals surface area contributed by atoms with Gasteiger partial charge in [-0.2, -0.15) is 0 Å². The first-order chi connectivity index (χ1) is 9.99. The summed E-state index contributed by atoms with van der Waals surface area (Å²) in [5.74, 6) is 0.652. The molecule has 6 heteroatoms. The van der Waals surface area contributed by atoms with Crippen molar-refractivity contribution < 1.29 is 13.2 Å². The number of nitrogens with two attached hydrogens (primary N) is 1. The van der Waals surface area contributed by atoms with Gasteiger partial charge in [0.2, 0.25) is 10.0 Å². The van der Waals surface area contributed by atoms with Crippen molar-refractivity contribution in [2.45, 2.75) is 11.8 Å². The van der Waals surface area contributed by atoms with Crippen LogP contribution in [0.1, 0.15) is 5.56 Å². The topological polar surface area (TPSA) is 81.4 Å². The third-order valence-electron chi connectivity index (χ3n) is 2.93. The molecule has 0 aliphatic heterocycles. The minimum absolute atomic E-state index is 0.195. The molecule has 0 saturated heterocycles. The van der Waals surface area contributed by atoms with Crippen molar-refractivity contribution in [1.29, 1.82) is 0 Å². The molecule has 3 N–H and O–H groups in total. The van der Waals surface area contributed by atoms with Crippen LogP contribution in [-0.2, 0) is 10.0 Å². The largest absolute Gasteiger partial charge is 0.492 e. The van der Waals surface area contributed by atoms with E-state index in [9.17, 15) is 8.42 Å². The molecule has 0 atom stereocenters. The number of hydrogen-bond donors (Lipinski definition) is 2. The summed E-state index contributed by atoms with van der Waals surface area (Å²) in [5, 5.41) is 0. The molecular weight excluding hydrogens is 288 g/mol. The molecule has 0 spiro atoms. The fourth-order valence-electron chi connectivity index (χ4n) is 1.84. The highest BCUT2D eigenvalue weighted by atomic mass is 32.2. The Hall–Kier alpha value is -2.05. The van der Waals surface area contributed by atoms with Crippen LogP contribution in [0.3, 0.4) is 0 Å².